The van der Waals surface area contributed by atoms with E-state index in [0.29, 0.717) is 41.7 Å². The van der Waals surface area contributed by atoms with Crippen LogP contribution in [0.5, 0.6) is 17.2 Å². The van der Waals surface area contributed by atoms with Gasteiger partial charge in [0.1, 0.15) is 31.4 Å². The lowest BCUT2D eigenvalue weighted by Crippen LogP contribution is -2.36. The van der Waals surface area contributed by atoms with Crippen molar-refractivity contribution >= 4 is 5.69 Å². The molecule has 170 valence electrons. The predicted octanol–water partition coefficient (Wildman–Crippen LogP) is 4.71. The van der Waals surface area contributed by atoms with Gasteiger partial charge in [0.05, 0.1) is 23.2 Å². The number of hydrogen-bond donors (Lipinski definition) is 0. The number of rotatable bonds is 2. The number of ether oxygens (including phenoxy) is 3. The van der Waals surface area contributed by atoms with Crippen LogP contribution in [0.2, 0.25) is 0 Å². The Morgan fingerprint density at radius 3 is 2.55 bits per heavy atom. The van der Waals surface area contributed by atoms with Crippen LogP contribution in [0.1, 0.15) is 22.4 Å². The Bertz CT molecular complexity index is 1260. The molecule has 1 atom stereocenters. The number of nitrogens with zero attached hydrogens (tertiary/aromatic N) is 2. The van der Waals surface area contributed by atoms with E-state index in [4.69, 9.17) is 14.2 Å². The third-order valence-corrected chi connectivity index (χ3v) is 6.44. The van der Waals surface area contributed by atoms with Crippen molar-refractivity contribution in [3.8, 4) is 17.2 Å². The molecule has 0 saturated carbocycles. The van der Waals surface area contributed by atoms with Gasteiger partial charge >= 0.3 is 6.18 Å². The van der Waals surface area contributed by atoms with Gasteiger partial charge in [-0.15, -0.1) is 0 Å². The summed E-state index contributed by atoms with van der Waals surface area (Å²) in [6, 6.07) is 10.5. The molecule has 0 bridgehead atoms. The highest BCUT2D eigenvalue weighted by Gasteiger charge is 2.52. The second kappa shape index (κ2) is 7.00. The highest BCUT2D eigenvalue weighted by Crippen LogP contribution is 2.55. The molecule has 0 amide bonds. The average Bonchev–Trinajstić information content (AvgIpc) is 3.31. The quantitative estimate of drug-likeness (QED) is 0.521. The van der Waals surface area contributed by atoms with E-state index in [2.05, 4.69) is 4.98 Å². The number of pyridine rings is 1. The third-order valence-electron chi connectivity index (χ3n) is 6.44. The van der Waals surface area contributed by atoms with E-state index < -0.39 is 23.0 Å². The molecule has 0 radical (unpaired) electrons. The predicted molar refractivity (Wildman–Crippen MR) is 110 cm³/mol. The minimum Gasteiger partial charge on any atom is -0.492 e. The molecule has 3 aromatic rings. The summed E-state index contributed by atoms with van der Waals surface area (Å²) >= 11 is 0. The van der Waals surface area contributed by atoms with Crippen LogP contribution in [0, 0.1) is 5.82 Å². The zero-order valence-corrected chi connectivity index (χ0v) is 17.3. The van der Waals surface area contributed by atoms with E-state index in [0.717, 1.165) is 11.6 Å². The van der Waals surface area contributed by atoms with E-state index in [9.17, 15) is 13.2 Å². The molecular weight excluding hydrogens is 440 g/mol. The number of halogens is 4. The molecule has 33 heavy (non-hydrogen) atoms. The van der Waals surface area contributed by atoms with Gasteiger partial charge in [0, 0.05) is 35.6 Å². The van der Waals surface area contributed by atoms with Crippen LogP contribution in [0.3, 0.4) is 0 Å². The minimum absolute atomic E-state index is 0.112. The van der Waals surface area contributed by atoms with Crippen LogP contribution in [-0.2, 0) is 18.1 Å². The van der Waals surface area contributed by atoms with E-state index >= 15 is 4.39 Å². The first-order chi connectivity index (χ1) is 15.9. The summed E-state index contributed by atoms with van der Waals surface area (Å²) in [7, 11) is 0. The maximum atomic E-state index is 15.3. The molecule has 9 heteroatoms. The molecule has 0 saturated heterocycles. The highest BCUT2D eigenvalue weighted by molar-refractivity contribution is 5.71. The van der Waals surface area contributed by atoms with E-state index in [-0.39, 0.29) is 25.4 Å². The fraction of sp³-hybridized carbons (Fsp3) is 0.292. The first-order valence-electron chi connectivity index (χ1n) is 10.5. The third kappa shape index (κ3) is 3.02. The Balaban J connectivity index is 1.46. The summed E-state index contributed by atoms with van der Waals surface area (Å²) in [6.45, 7) is 1.10. The number of fused-ring (bicyclic) bond motifs is 5. The van der Waals surface area contributed by atoms with Crippen molar-refractivity contribution < 1.29 is 31.8 Å². The Kier molecular flexibility index (Phi) is 4.27. The minimum atomic E-state index is -4.54. The van der Waals surface area contributed by atoms with E-state index in [1.165, 1.54) is 18.3 Å². The lowest BCUT2D eigenvalue weighted by atomic mass is 9.77. The van der Waals surface area contributed by atoms with E-state index in [1.54, 1.807) is 29.2 Å². The van der Waals surface area contributed by atoms with Crippen LogP contribution in [-0.4, -0.2) is 31.3 Å². The highest BCUT2D eigenvalue weighted by atomic mass is 19.4. The molecular formula is C24H18F4N2O3. The molecule has 1 spiro atoms. The van der Waals surface area contributed by atoms with Crippen molar-refractivity contribution in [2.45, 2.75) is 18.1 Å². The standard InChI is InChI=1S/C24H18F4N2O3/c25-16-4-1-5-18-22(16)23(12-30(18)11-17-14(24(26,27)28)3-2-6-29-17)13-33-19-10-21-20(9-15(19)23)31-7-8-32-21/h1-6,9-10H,7-8,11-13H2. The summed E-state index contributed by atoms with van der Waals surface area (Å²) in [5.74, 6) is 1.23. The summed E-state index contributed by atoms with van der Waals surface area (Å²) in [6.07, 6.45) is -3.20. The van der Waals surface area contributed by atoms with Gasteiger partial charge in [-0.05, 0) is 30.3 Å². The van der Waals surface area contributed by atoms with Crippen molar-refractivity contribution in [3.05, 3.63) is 76.9 Å². The molecule has 5 nitrogen and oxygen atoms in total. The lowest BCUT2D eigenvalue weighted by Gasteiger charge is -2.26. The van der Waals surface area contributed by atoms with Gasteiger partial charge in [0.15, 0.2) is 11.5 Å². The first kappa shape index (κ1) is 20.1. The topological polar surface area (TPSA) is 43.8 Å². The first-order valence-corrected chi connectivity index (χ1v) is 10.5. The summed E-state index contributed by atoms with van der Waals surface area (Å²) < 4.78 is 73.3. The largest absolute Gasteiger partial charge is 0.492 e. The van der Waals surface area contributed by atoms with Crippen LogP contribution in [0.25, 0.3) is 0 Å². The number of alkyl halides is 3. The molecule has 1 aromatic heterocycles. The Morgan fingerprint density at radius 2 is 1.76 bits per heavy atom. The second-order valence-electron chi connectivity index (χ2n) is 8.35. The average molecular weight is 458 g/mol. The zero-order valence-electron chi connectivity index (χ0n) is 17.3. The second-order valence-corrected chi connectivity index (χ2v) is 8.35. The molecule has 0 N–H and O–H groups in total. The van der Waals surface area contributed by atoms with Gasteiger partial charge in [0.2, 0.25) is 0 Å². The molecule has 6 rings (SSSR count). The molecule has 4 heterocycles. The maximum absolute atomic E-state index is 15.3. The maximum Gasteiger partial charge on any atom is 0.418 e. The van der Waals surface area contributed by atoms with Gasteiger partial charge in [-0.2, -0.15) is 13.2 Å². The Labute approximate surface area is 186 Å². The smallest absolute Gasteiger partial charge is 0.418 e. The number of anilines is 1. The monoisotopic (exact) mass is 458 g/mol. The van der Waals surface area contributed by atoms with Crippen molar-refractivity contribution in [3.63, 3.8) is 0 Å². The lowest BCUT2D eigenvalue weighted by molar-refractivity contribution is -0.138. The number of aromatic nitrogens is 1. The summed E-state index contributed by atoms with van der Waals surface area (Å²) in [5, 5.41) is 0. The normalized spacial score (nSPS) is 20.5. The van der Waals surface area contributed by atoms with Crippen molar-refractivity contribution in [2.75, 3.05) is 31.3 Å². The molecule has 3 aliphatic heterocycles. The van der Waals surface area contributed by atoms with Gasteiger partial charge in [-0.25, -0.2) is 4.39 Å². The van der Waals surface area contributed by atoms with Crippen LogP contribution >= 0.6 is 0 Å². The fourth-order valence-electron chi connectivity index (χ4n) is 5.06. The SMILES string of the molecule is Fc1cccc2c1C1(COc3cc4c(cc31)OCCO4)CN2Cc1ncccc1C(F)(F)F. The van der Waals surface area contributed by atoms with Crippen LogP contribution < -0.4 is 19.1 Å². The van der Waals surface area contributed by atoms with Crippen molar-refractivity contribution in [1.29, 1.82) is 0 Å². The van der Waals surface area contributed by atoms with Gasteiger partial charge < -0.3 is 19.1 Å². The van der Waals surface area contributed by atoms with E-state index in [1.807, 2.05) is 0 Å². The molecule has 3 aliphatic rings. The number of hydrogen-bond acceptors (Lipinski definition) is 5. The van der Waals surface area contributed by atoms with Gasteiger partial charge in [-0.3, -0.25) is 4.98 Å². The molecule has 0 aliphatic carbocycles. The summed E-state index contributed by atoms with van der Waals surface area (Å²) in [4.78, 5) is 5.74. The van der Waals surface area contributed by atoms with Crippen molar-refractivity contribution in [2.24, 2.45) is 0 Å². The van der Waals surface area contributed by atoms with Gasteiger partial charge in [-0.1, -0.05) is 6.07 Å². The Morgan fingerprint density at radius 1 is 0.970 bits per heavy atom. The van der Waals surface area contributed by atoms with Crippen molar-refractivity contribution in [1.82, 2.24) is 4.98 Å². The van der Waals surface area contributed by atoms with Crippen LogP contribution in [0.4, 0.5) is 23.2 Å². The fourth-order valence-corrected chi connectivity index (χ4v) is 5.06. The zero-order chi connectivity index (χ0) is 22.8. The number of benzene rings is 2. The molecule has 0 fully saturated rings. The Hall–Kier alpha value is -3.49. The van der Waals surface area contributed by atoms with Gasteiger partial charge in [0.25, 0.3) is 0 Å². The van der Waals surface area contributed by atoms with Crippen LogP contribution in [0.15, 0.2) is 48.7 Å². The molecule has 2 aromatic carbocycles. The molecule has 1 unspecified atom stereocenters. The summed E-state index contributed by atoms with van der Waals surface area (Å²) in [5.41, 5.74) is -0.133.